The Labute approximate surface area is 146 Å². The van der Waals surface area contributed by atoms with Crippen molar-refractivity contribution in [3.8, 4) is 17.2 Å². The smallest absolute Gasteiger partial charge is 0.247 e. The number of hydrogen-bond donors (Lipinski definition) is 0. The average molecular weight is 341 g/mol. The first-order valence-electron chi connectivity index (χ1n) is 8.11. The summed E-state index contributed by atoms with van der Waals surface area (Å²) in [6.07, 6.45) is 0. The molecule has 5 nitrogen and oxygen atoms in total. The highest BCUT2D eigenvalue weighted by molar-refractivity contribution is 5.51. The number of halogens is 1. The molecule has 0 fully saturated rings. The molecule has 1 aromatic heterocycles. The number of hydrogen-bond acceptors (Lipinski definition) is 5. The minimum atomic E-state index is -0.274. The van der Waals surface area contributed by atoms with Crippen molar-refractivity contribution in [2.75, 3.05) is 20.2 Å². The van der Waals surface area contributed by atoms with Gasteiger partial charge >= 0.3 is 0 Å². The Hall–Kier alpha value is -2.73. The van der Waals surface area contributed by atoms with Gasteiger partial charge in [-0.3, -0.25) is 4.90 Å². The van der Waals surface area contributed by atoms with Crippen molar-refractivity contribution in [1.82, 2.24) is 15.1 Å². The third-order valence-electron chi connectivity index (χ3n) is 4.01. The van der Waals surface area contributed by atoms with E-state index in [4.69, 9.17) is 9.15 Å². The lowest BCUT2D eigenvalue weighted by Gasteiger charge is -2.21. The van der Waals surface area contributed by atoms with E-state index in [-0.39, 0.29) is 11.9 Å². The van der Waals surface area contributed by atoms with Crippen molar-refractivity contribution in [2.24, 2.45) is 0 Å². The molecule has 1 atom stereocenters. The summed E-state index contributed by atoms with van der Waals surface area (Å²) in [6.45, 7) is 3.15. The molecule has 0 N–H and O–H groups in total. The van der Waals surface area contributed by atoms with Crippen LogP contribution in [0.3, 0.4) is 0 Å². The third-order valence-corrected chi connectivity index (χ3v) is 4.01. The molecule has 0 spiro atoms. The maximum absolute atomic E-state index is 12.9. The summed E-state index contributed by atoms with van der Waals surface area (Å²) < 4.78 is 24.3. The highest BCUT2D eigenvalue weighted by Gasteiger charge is 2.19. The zero-order valence-corrected chi connectivity index (χ0v) is 14.2. The summed E-state index contributed by atoms with van der Waals surface area (Å²) in [4.78, 5) is 2.06. The molecule has 0 saturated heterocycles. The molecule has 0 aliphatic carbocycles. The number of aromatic nitrogens is 2. The first kappa shape index (κ1) is 17.1. The van der Waals surface area contributed by atoms with E-state index < -0.39 is 0 Å². The highest BCUT2D eigenvalue weighted by atomic mass is 19.1. The van der Waals surface area contributed by atoms with Gasteiger partial charge in [0.25, 0.3) is 0 Å². The second-order valence-electron chi connectivity index (χ2n) is 5.77. The molecule has 1 heterocycles. The fraction of sp³-hybridized carbons (Fsp3) is 0.263. The van der Waals surface area contributed by atoms with Gasteiger partial charge in [0.2, 0.25) is 11.8 Å². The minimum Gasteiger partial charge on any atom is -0.492 e. The predicted octanol–water partition coefficient (Wildman–Crippen LogP) is 3.95. The zero-order chi connectivity index (χ0) is 17.6. The van der Waals surface area contributed by atoms with Crippen LogP contribution in [0.1, 0.15) is 18.9 Å². The highest BCUT2D eigenvalue weighted by Crippen LogP contribution is 2.22. The quantitative estimate of drug-likeness (QED) is 0.651. The summed E-state index contributed by atoms with van der Waals surface area (Å²) in [5.41, 5.74) is 0.899. The molecule has 0 amide bonds. The fourth-order valence-electron chi connectivity index (χ4n) is 2.32. The number of benzene rings is 2. The zero-order valence-electron chi connectivity index (χ0n) is 14.2. The lowest BCUT2D eigenvalue weighted by Crippen LogP contribution is -2.27. The molecule has 3 aromatic rings. The normalized spacial score (nSPS) is 12.3. The molecule has 3 rings (SSSR count). The monoisotopic (exact) mass is 341 g/mol. The van der Waals surface area contributed by atoms with Gasteiger partial charge in [0, 0.05) is 12.1 Å². The third kappa shape index (κ3) is 4.42. The molecule has 0 aliphatic rings. The van der Waals surface area contributed by atoms with E-state index in [1.807, 2.05) is 44.3 Å². The molecule has 0 aliphatic heterocycles. The van der Waals surface area contributed by atoms with Crippen molar-refractivity contribution in [3.63, 3.8) is 0 Å². The average Bonchev–Trinajstić information content (AvgIpc) is 3.13. The van der Waals surface area contributed by atoms with Crippen LogP contribution in [-0.4, -0.2) is 35.3 Å². The summed E-state index contributed by atoms with van der Waals surface area (Å²) >= 11 is 0. The van der Waals surface area contributed by atoms with Crippen LogP contribution in [0.5, 0.6) is 5.75 Å². The predicted molar refractivity (Wildman–Crippen MR) is 92.7 cm³/mol. The van der Waals surface area contributed by atoms with Crippen molar-refractivity contribution < 1.29 is 13.5 Å². The van der Waals surface area contributed by atoms with Crippen molar-refractivity contribution in [2.45, 2.75) is 13.0 Å². The molecule has 6 heteroatoms. The summed E-state index contributed by atoms with van der Waals surface area (Å²) in [5, 5.41) is 8.26. The number of nitrogens with zero attached hydrogens (tertiary/aromatic N) is 3. The standard InChI is InChI=1S/C19H20FN3O2/c1-14(18-21-22-19(25-18)15-6-4-3-5-7-15)23(2)12-13-24-17-10-8-16(20)9-11-17/h3-11,14H,12-13H2,1-2H3/t14-/m0/s1. The van der Waals surface area contributed by atoms with E-state index in [0.29, 0.717) is 30.7 Å². The van der Waals surface area contributed by atoms with Crippen molar-refractivity contribution >= 4 is 0 Å². The Morgan fingerprint density at radius 1 is 1.08 bits per heavy atom. The number of ether oxygens (including phenoxy) is 1. The molecule has 2 aromatic carbocycles. The molecule has 0 radical (unpaired) electrons. The summed E-state index contributed by atoms with van der Waals surface area (Å²) in [7, 11) is 1.96. The molecule has 25 heavy (non-hydrogen) atoms. The van der Waals surface area contributed by atoms with E-state index in [1.165, 1.54) is 12.1 Å². The SMILES string of the molecule is C[C@@H](c1nnc(-c2ccccc2)o1)N(C)CCOc1ccc(F)cc1. The van der Waals surface area contributed by atoms with E-state index in [2.05, 4.69) is 15.1 Å². The van der Waals surface area contributed by atoms with Gasteiger partial charge in [-0.15, -0.1) is 10.2 Å². The Morgan fingerprint density at radius 3 is 2.52 bits per heavy atom. The molecular weight excluding hydrogens is 321 g/mol. The Kier molecular flexibility index (Phi) is 5.40. The lowest BCUT2D eigenvalue weighted by molar-refractivity contribution is 0.182. The molecular formula is C19H20FN3O2. The number of rotatable bonds is 7. The van der Waals surface area contributed by atoms with Crippen LogP contribution in [-0.2, 0) is 0 Å². The van der Waals surface area contributed by atoms with Gasteiger partial charge < -0.3 is 9.15 Å². The van der Waals surface area contributed by atoms with E-state index in [1.54, 1.807) is 12.1 Å². The van der Waals surface area contributed by atoms with Gasteiger partial charge in [-0.25, -0.2) is 4.39 Å². The van der Waals surface area contributed by atoms with Gasteiger partial charge in [-0.2, -0.15) is 0 Å². The topological polar surface area (TPSA) is 51.4 Å². The fourth-order valence-corrected chi connectivity index (χ4v) is 2.32. The van der Waals surface area contributed by atoms with E-state index in [9.17, 15) is 4.39 Å². The largest absolute Gasteiger partial charge is 0.492 e. The lowest BCUT2D eigenvalue weighted by atomic mass is 10.2. The summed E-state index contributed by atoms with van der Waals surface area (Å²) in [5.74, 6) is 1.44. The van der Waals surface area contributed by atoms with E-state index >= 15 is 0 Å². The van der Waals surface area contributed by atoms with Gasteiger partial charge in [-0.1, -0.05) is 18.2 Å². The summed E-state index contributed by atoms with van der Waals surface area (Å²) in [6, 6.07) is 15.6. The van der Waals surface area contributed by atoms with Gasteiger partial charge in [0.15, 0.2) is 0 Å². The van der Waals surface area contributed by atoms with Gasteiger partial charge in [-0.05, 0) is 50.4 Å². The van der Waals surface area contributed by atoms with Gasteiger partial charge in [0.1, 0.15) is 18.2 Å². The van der Waals surface area contributed by atoms with Crippen LogP contribution in [0, 0.1) is 5.82 Å². The van der Waals surface area contributed by atoms with Crippen LogP contribution in [0.2, 0.25) is 0 Å². The Bertz CT molecular complexity index is 790. The molecule has 0 bridgehead atoms. The molecule has 0 unspecified atom stereocenters. The molecule has 130 valence electrons. The first-order valence-corrected chi connectivity index (χ1v) is 8.11. The second kappa shape index (κ2) is 7.90. The first-order chi connectivity index (χ1) is 12.1. The maximum Gasteiger partial charge on any atom is 0.247 e. The van der Waals surface area contributed by atoms with Crippen LogP contribution < -0.4 is 4.74 Å². The van der Waals surface area contributed by atoms with Gasteiger partial charge in [0.05, 0.1) is 6.04 Å². The Morgan fingerprint density at radius 2 is 1.80 bits per heavy atom. The Balaban J connectivity index is 1.54. The molecule has 0 saturated carbocycles. The number of likely N-dealkylation sites (N-methyl/N-ethyl adjacent to an activating group) is 1. The van der Waals surface area contributed by atoms with Crippen LogP contribution in [0.25, 0.3) is 11.5 Å². The van der Waals surface area contributed by atoms with E-state index in [0.717, 1.165) is 5.56 Å². The minimum absolute atomic E-state index is 0.0400. The van der Waals surface area contributed by atoms with Crippen LogP contribution in [0.15, 0.2) is 59.0 Å². The van der Waals surface area contributed by atoms with Crippen molar-refractivity contribution in [3.05, 3.63) is 66.3 Å². The maximum atomic E-state index is 12.9. The second-order valence-corrected chi connectivity index (χ2v) is 5.77. The van der Waals surface area contributed by atoms with Crippen LogP contribution >= 0.6 is 0 Å². The van der Waals surface area contributed by atoms with Crippen LogP contribution in [0.4, 0.5) is 4.39 Å². The van der Waals surface area contributed by atoms with Crippen molar-refractivity contribution in [1.29, 1.82) is 0 Å².